The zero-order valence-electron chi connectivity index (χ0n) is 11.0. The maximum atomic E-state index is 13.8. The van der Waals surface area contributed by atoms with Crippen LogP contribution >= 0.6 is 0 Å². The van der Waals surface area contributed by atoms with E-state index in [2.05, 4.69) is 0 Å². The van der Waals surface area contributed by atoms with Crippen molar-refractivity contribution >= 4 is 21.0 Å². The van der Waals surface area contributed by atoms with Gasteiger partial charge in [0.1, 0.15) is 11.9 Å². The topological polar surface area (TPSA) is 85.6 Å². The van der Waals surface area contributed by atoms with Crippen molar-refractivity contribution in [3.8, 4) is 5.75 Å². The predicted molar refractivity (Wildman–Crippen MR) is 73.7 cm³/mol. The summed E-state index contributed by atoms with van der Waals surface area (Å²) in [6, 6.07) is 4.57. The average Bonchev–Trinajstić information content (AvgIpc) is 2.43. The largest absolute Gasteiger partial charge is 0.486 e. The Kier molecular flexibility index (Phi) is 3.03. The molecule has 1 aliphatic rings. The average molecular weight is 313 g/mol. The Balaban J connectivity index is 2.36. The molecule has 0 radical (unpaired) electrons. The number of benzene rings is 1. The molecule has 0 spiro atoms. The molecule has 2 heterocycles. The summed E-state index contributed by atoms with van der Waals surface area (Å²) in [5.74, 6) is -0.705. The first-order valence-corrected chi connectivity index (χ1v) is 7.74. The van der Waals surface area contributed by atoms with Crippen molar-refractivity contribution in [2.24, 2.45) is 0 Å². The van der Waals surface area contributed by atoms with E-state index in [0.717, 1.165) is 0 Å². The highest BCUT2D eigenvalue weighted by atomic mass is 32.2. The van der Waals surface area contributed by atoms with E-state index in [1.54, 1.807) is 0 Å². The van der Waals surface area contributed by atoms with E-state index in [0.29, 0.717) is 5.39 Å². The van der Waals surface area contributed by atoms with Crippen LogP contribution in [0, 0.1) is 5.82 Å². The van der Waals surface area contributed by atoms with Crippen LogP contribution < -0.4 is 10.3 Å². The van der Waals surface area contributed by atoms with Gasteiger partial charge < -0.3 is 4.74 Å². The third-order valence-electron chi connectivity index (χ3n) is 3.74. The van der Waals surface area contributed by atoms with E-state index in [4.69, 9.17) is 4.74 Å². The van der Waals surface area contributed by atoms with Crippen molar-refractivity contribution < 1.29 is 22.1 Å². The Bertz CT molecular complexity index is 889. The van der Waals surface area contributed by atoms with Crippen LogP contribution in [0.3, 0.4) is 0 Å². The molecule has 0 saturated carbocycles. The summed E-state index contributed by atoms with van der Waals surface area (Å²) in [4.78, 5) is 12.1. The summed E-state index contributed by atoms with van der Waals surface area (Å²) >= 11 is 0. The van der Waals surface area contributed by atoms with E-state index in [9.17, 15) is 22.2 Å². The van der Waals surface area contributed by atoms with Crippen LogP contribution in [0.15, 0.2) is 29.1 Å². The highest BCUT2D eigenvalue weighted by molar-refractivity contribution is 7.86. The summed E-state index contributed by atoms with van der Waals surface area (Å²) < 4.78 is 52.2. The molecule has 1 N–H and O–H groups in total. The zero-order chi connectivity index (χ0) is 15.4. The standard InChI is InChI=1S/C13H12FNO5S/c1-7(21(17,18)19)10-6-20-13-9(14)4-2-8-3-5-11(16)15(10)12(8)13/h2-5,7,10H,6H2,1H3,(H,17,18,19)/t7?,10-/m0/s1. The number of ether oxygens (including phenoxy) is 1. The predicted octanol–water partition coefficient (Wildman–Crippen LogP) is 1.35. The quantitative estimate of drug-likeness (QED) is 0.846. The Morgan fingerprint density at radius 2 is 2.05 bits per heavy atom. The lowest BCUT2D eigenvalue weighted by molar-refractivity contribution is 0.219. The van der Waals surface area contributed by atoms with Gasteiger partial charge >= 0.3 is 0 Å². The van der Waals surface area contributed by atoms with Crippen molar-refractivity contribution in [2.75, 3.05) is 6.61 Å². The molecule has 3 rings (SSSR count). The summed E-state index contributed by atoms with van der Waals surface area (Å²) in [5.41, 5.74) is -0.271. The number of aromatic nitrogens is 1. The normalized spacial score (nSPS) is 19.3. The number of rotatable bonds is 2. The third kappa shape index (κ3) is 2.11. The van der Waals surface area contributed by atoms with Gasteiger partial charge in [0.05, 0.1) is 11.6 Å². The number of pyridine rings is 1. The molecule has 21 heavy (non-hydrogen) atoms. The molecule has 8 heteroatoms. The van der Waals surface area contributed by atoms with E-state index in [-0.39, 0.29) is 17.9 Å². The number of halogens is 1. The number of hydrogen-bond donors (Lipinski definition) is 1. The molecule has 1 aromatic carbocycles. The van der Waals surface area contributed by atoms with E-state index < -0.39 is 32.8 Å². The van der Waals surface area contributed by atoms with Gasteiger partial charge in [0.15, 0.2) is 11.6 Å². The number of hydrogen-bond acceptors (Lipinski definition) is 4. The van der Waals surface area contributed by atoms with Gasteiger partial charge in [-0.15, -0.1) is 0 Å². The monoisotopic (exact) mass is 313 g/mol. The SMILES string of the molecule is CC([C@@H]1COc2c(F)ccc3ccc(=O)n1c23)S(=O)(=O)O. The molecule has 0 aliphatic carbocycles. The lowest BCUT2D eigenvalue weighted by atomic mass is 10.1. The molecule has 1 aliphatic heterocycles. The summed E-state index contributed by atoms with van der Waals surface area (Å²) in [6.07, 6.45) is 0. The van der Waals surface area contributed by atoms with Gasteiger partial charge in [-0.25, -0.2) is 4.39 Å². The molecule has 2 aromatic rings. The van der Waals surface area contributed by atoms with Gasteiger partial charge in [-0.05, 0) is 25.1 Å². The molecule has 1 aromatic heterocycles. The molecular formula is C13H12FNO5S. The summed E-state index contributed by atoms with van der Waals surface area (Å²) in [5, 5.41) is -0.699. The van der Waals surface area contributed by atoms with E-state index in [1.165, 1.54) is 35.8 Å². The number of nitrogens with zero attached hydrogens (tertiary/aromatic N) is 1. The highest BCUT2D eigenvalue weighted by Gasteiger charge is 2.35. The third-order valence-corrected chi connectivity index (χ3v) is 4.99. The minimum atomic E-state index is -4.36. The molecule has 2 atom stereocenters. The minimum Gasteiger partial charge on any atom is -0.486 e. The van der Waals surface area contributed by atoms with E-state index >= 15 is 0 Å². The Morgan fingerprint density at radius 1 is 1.38 bits per heavy atom. The molecule has 0 saturated heterocycles. The molecule has 0 amide bonds. The second kappa shape index (κ2) is 4.54. The van der Waals surface area contributed by atoms with Gasteiger partial charge in [0.2, 0.25) is 0 Å². The van der Waals surface area contributed by atoms with Gasteiger partial charge in [-0.2, -0.15) is 8.42 Å². The van der Waals surface area contributed by atoms with Crippen molar-refractivity contribution in [1.29, 1.82) is 0 Å². The first-order valence-electron chi connectivity index (χ1n) is 6.23. The Labute approximate surface area is 119 Å². The van der Waals surface area contributed by atoms with Crippen LogP contribution in [0.2, 0.25) is 0 Å². The molecule has 112 valence electrons. The summed E-state index contributed by atoms with van der Waals surface area (Å²) in [7, 11) is -4.36. The molecule has 0 fully saturated rings. The van der Waals surface area contributed by atoms with Crippen LogP contribution in [-0.4, -0.2) is 29.4 Å². The van der Waals surface area contributed by atoms with Crippen molar-refractivity contribution in [3.63, 3.8) is 0 Å². The smallest absolute Gasteiger partial charge is 0.269 e. The lowest BCUT2D eigenvalue weighted by Gasteiger charge is -2.30. The maximum absolute atomic E-state index is 13.8. The Morgan fingerprint density at radius 3 is 2.71 bits per heavy atom. The van der Waals surface area contributed by atoms with Gasteiger partial charge in [0.25, 0.3) is 15.7 Å². The van der Waals surface area contributed by atoms with Gasteiger partial charge in [-0.3, -0.25) is 13.9 Å². The fourth-order valence-electron chi connectivity index (χ4n) is 2.55. The van der Waals surface area contributed by atoms with Gasteiger partial charge in [-0.1, -0.05) is 0 Å². The van der Waals surface area contributed by atoms with Crippen LogP contribution in [0.1, 0.15) is 13.0 Å². The molecule has 0 bridgehead atoms. The van der Waals surface area contributed by atoms with Gasteiger partial charge in [0, 0.05) is 11.5 Å². The van der Waals surface area contributed by atoms with Crippen LogP contribution in [-0.2, 0) is 10.1 Å². The zero-order valence-corrected chi connectivity index (χ0v) is 11.8. The van der Waals surface area contributed by atoms with Crippen LogP contribution in [0.4, 0.5) is 4.39 Å². The molecule has 1 unspecified atom stereocenters. The second-order valence-corrected chi connectivity index (χ2v) is 6.73. The second-order valence-electron chi connectivity index (χ2n) is 4.95. The highest BCUT2D eigenvalue weighted by Crippen LogP contribution is 2.35. The first-order chi connectivity index (χ1) is 9.80. The van der Waals surface area contributed by atoms with Crippen molar-refractivity contribution in [2.45, 2.75) is 18.2 Å². The van der Waals surface area contributed by atoms with Crippen LogP contribution in [0.25, 0.3) is 10.9 Å². The lowest BCUT2D eigenvalue weighted by Crippen LogP contribution is -2.40. The molecular weight excluding hydrogens is 301 g/mol. The minimum absolute atomic E-state index is 0.0796. The first kappa shape index (κ1) is 14.0. The maximum Gasteiger partial charge on any atom is 0.269 e. The Hall–Kier alpha value is -1.93. The molecule has 6 nitrogen and oxygen atoms in total. The van der Waals surface area contributed by atoms with Crippen molar-refractivity contribution in [1.82, 2.24) is 4.57 Å². The van der Waals surface area contributed by atoms with Crippen LogP contribution in [0.5, 0.6) is 5.75 Å². The fourth-order valence-corrected chi connectivity index (χ4v) is 3.15. The van der Waals surface area contributed by atoms with Crippen molar-refractivity contribution in [3.05, 3.63) is 40.4 Å². The fraction of sp³-hybridized carbons (Fsp3) is 0.308. The van der Waals surface area contributed by atoms with E-state index in [1.807, 2.05) is 0 Å². The summed E-state index contributed by atoms with van der Waals surface area (Å²) in [6.45, 7) is 1.06.